The fourth-order valence-electron chi connectivity index (χ4n) is 3.67. The Morgan fingerprint density at radius 1 is 1.16 bits per heavy atom. The Morgan fingerprint density at radius 2 is 1.92 bits per heavy atom. The molecule has 1 fully saturated rings. The quantitative estimate of drug-likeness (QED) is 0.824. The molecule has 1 aromatic carbocycles. The van der Waals surface area contributed by atoms with Gasteiger partial charge in [-0.2, -0.15) is 0 Å². The van der Waals surface area contributed by atoms with E-state index in [1.165, 1.54) is 0 Å². The maximum Gasteiger partial charge on any atom is 0.306 e. The predicted molar refractivity (Wildman–Crippen MR) is 96.5 cm³/mol. The van der Waals surface area contributed by atoms with Crippen LogP contribution in [-0.4, -0.2) is 28.0 Å². The first-order valence-electron chi connectivity index (χ1n) is 8.65. The van der Waals surface area contributed by atoms with Crippen LogP contribution >= 0.6 is 11.3 Å². The number of rotatable bonds is 4. The molecule has 1 heterocycles. The van der Waals surface area contributed by atoms with Crippen molar-refractivity contribution in [2.75, 3.05) is 0 Å². The second kappa shape index (κ2) is 6.59. The van der Waals surface area contributed by atoms with E-state index in [-0.39, 0.29) is 29.7 Å². The topological polar surface area (TPSA) is 79.3 Å². The van der Waals surface area contributed by atoms with Crippen molar-refractivity contribution >= 4 is 33.4 Å². The zero-order valence-electron chi connectivity index (χ0n) is 13.7. The van der Waals surface area contributed by atoms with Gasteiger partial charge in [0.1, 0.15) is 0 Å². The summed E-state index contributed by atoms with van der Waals surface area (Å²) in [4.78, 5) is 28.4. The molecule has 0 aliphatic heterocycles. The van der Waals surface area contributed by atoms with Gasteiger partial charge in [-0.05, 0) is 37.8 Å². The van der Waals surface area contributed by atoms with E-state index in [1.54, 1.807) is 11.3 Å². The lowest BCUT2D eigenvalue weighted by Gasteiger charge is -2.35. The molecule has 2 N–H and O–H groups in total. The molecule has 6 heteroatoms. The third-order valence-electron chi connectivity index (χ3n) is 5.23. The molecule has 0 spiro atoms. The van der Waals surface area contributed by atoms with Crippen LogP contribution in [0.1, 0.15) is 36.6 Å². The predicted octanol–water partition coefficient (Wildman–Crippen LogP) is 3.33. The number of carboxylic acid groups (broad SMARTS) is 1. The molecule has 2 aromatic rings. The van der Waals surface area contributed by atoms with Crippen molar-refractivity contribution in [1.82, 2.24) is 10.3 Å². The maximum atomic E-state index is 12.8. The number of carboxylic acids is 1. The zero-order valence-corrected chi connectivity index (χ0v) is 14.5. The third kappa shape index (κ3) is 3.18. The molecular weight excluding hydrogens is 336 g/mol. The van der Waals surface area contributed by atoms with Crippen LogP contribution in [0, 0.1) is 11.8 Å². The standard InChI is InChI=1S/C19H20N2O3S/c22-17(20-12-9-11(10-12)19(23)24)13-5-1-2-6-14(13)18-21-15-7-3-4-8-16(15)25-18/h1-4,7-8,11-14H,5-6,9-10H2,(H,20,22)(H,23,24). The van der Waals surface area contributed by atoms with Crippen molar-refractivity contribution in [3.8, 4) is 0 Å². The summed E-state index contributed by atoms with van der Waals surface area (Å²) in [6.07, 6.45) is 6.80. The van der Waals surface area contributed by atoms with Gasteiger partial charge in [0, 0.05) is 12.0 Å². The molecule has 25 heavy (non-hydrogen) atoms. The zero-order chi connectivity index (χ0) is 17.4. The Bertz CT molecular complexity index is 805. The second-order valence-corrected chi connectivity index (χ2v) is 7.95. The summed E-state index contributed by atoms with van der Waals surface area (Å²) in [5.74, 6) is -1.08. The fraction of sp³-hybridized carbons (Fsp3) is 0.421. The lowest BCUT2D eigenvalue weighted by atomic mass is 9.78. The maximum absolute atomic E-state index is 12.8. The Kier molecular flexibility index (Phi) is 4.29. The van der Waals surface area contributed by atoms with E-state index in [4.69, 9.17) is 10.1 Å². The number of aromatic nitrogens is 1. The molecule has 0 saturated heterocycles. The van der Waals surface area contributed by atoms with Gasteiger partial charge in [-0.25, -0.2) is 4.98 Å². The number of para-hydroxylation sites is 1. The first-order chi connectivity index (χ1) is 12.1. The van der Waals surface area contributed by atoms with Crippen LogP contribution in [0.4, 0.5) is 0 Å². The van der Waals surface area contributed by atoms with E-state index in [2.05, 4.69) is 23.5 Å². The van der Waals surface area contributed by atoms with Gasteiger partial charge < -0.3 is 10.4 Å². The second-order valence-electron chi connectivity index (χ2n) is 6.89. The highest BCUT2D eigenvalue weighted by Crippen LogP contribution is 2.39. The molecule has 130 valence electrons. The van der Waals surface area contributed by atoms with Gasteiger partial charge in [-0.3, -0.25) is 9.59 Å². The molecule has 5 nitrogen and oxygen atoms in total. The van der Waals surface area contributed by atoms with Crippen molar-refractivity contribution in [3.05, 3.63) is 41.4 Å². The number of thiazole rings is 1. The van der Waals surface area contributed by atoms with Gasteiger partial charge in [0.05, 0.1) is 27.1 Å². The van der Waals surface area contributed by atoms with Crippen molar-refractivity contribution in [1.29, 1.82) is 0 Å². The number of nitrogens with zero attached hydrogens (tertiary/aromatic N) is 1. The van der Waals surface area contributed by atoms with Crippen LogP contribution in [0.5, 0.6) is 0 Å². The lowest BCUT2D eigenvalue weighted by molar-refractivity contribution is -0.146. The molecule has 1 aromatic heterocycles. The number of fused-ring (bicyclic) bond motifs is 1. The number of hydrogen-bond donors (Lipinski definition) is 2. The first kappa shape index (κ1) is 16.3. The molecule has 0 bridgehead atoms. The first-order valence-corrected chi connectivity index (χ1v) is 9.47. The highest BCUT2D eigenvalue weighted by atomic mass is 32.1. The number of aliphatic carboxylic acids is 1. The highest BCUT2D eigenvalue weighted by molar-refractivity contribution is 7.18. The minimum atomic E-state index is -0.765. The van der Waals surface area contributed by atoms with Crippen LogP contribution in [0.25, 0.3) is 10.2 Å². The average molecular weight is 356 g/mol. The molecule has 2 unspecified atom stereocenters. The van der Waals surface area contributed by atoms with E-state index >= 15 is 0 Å². The van der Waals surface area contributed by atoms with E-state index in [1.807, 2.05) is 18.2 Å². The summed E-state index contributed by atoms with van der Waals surface area (Å²) < 4.78 is 1.15. The average Bonchev–Trinajstić information content (AvgIpc) is 3.01. The molecule has 0 radical (unpaired) electrons. The minimum Gasteiger partial charge on any atom is -0.481 e. The Labute approximate surface area is 149 Å². The monoisotopic (exact) mass is 356 g/mol. The van der Waals surface area contributed by atoms with Crippen molar-refractivity contribution in [2.45, 2.75) is 37.6 Å². The van der Waals surface area contributed by atoms with Crippen LogP contribution in [0.3, 0.4) is 0 Å². The Balaban J connectivity index is 1.48. The van der Waals surface area contributed by atoms with Crippen LogP contribution in [-0.2, 0) is 9.59 Å². The summed E-state index contributed by atoms with van der Waals surface area (Å²) in [6.45, 7) is 0. The van der Waals surface area contributed by atoms with Crippen LogP contribution in [0.15, 0.2) is 36.4 Å². The smallest absolute Gasteiger partial charge is 0.306 e. The summed E-state index contributed by atoms with van der Waals surface area (Å²) in [6, 6.07) is 8.04. The Morgan fingerprint density at radius 3 is 2.68 bits per heavy atom. The largest absolute Gasteiger partial charge is 0.481 e. The molecular formula is C19H20N2O3S. The molecule has 2 aliphatic carbocycles. The van der Waals surface area contributed by atoms with E-state index in [9.17, 15) is 9.59 Å². The molecule has 1 amide bonds. The van der Waals surface area contributed by atoms with Gasteiger partial charge in [0.15, 0.2) is 0 Å². The third-order valence-corrected chi connectivity index (χ3v) is 6.40. The summed E-state index contributed by atoms with van der Waals surface area (Å²) in [5, 5.41) is 13.0. The van der Waals surface area contributed by atoms with Crippen LogP contribution < -0.4 is 5.32 Å². The molecule has 4 rings (SSSR count). The van der Waals surface area contributed by atoms with E-state index < -0.39 is 5.97 Å². The number of carbonyl (C=O) groups excluding carboxylic acids is 1. The number of allylic oxidation sites excluding steroid dienone is 2. The van der Waals surface area contributed by atoms with E-state index in [0.717, 1.165) is 21.6 Å². The fourth-order valence-corrected chi connectivity index (χ4v) is 4.82. The van der Waals surface area contributed by atoms with Crippen molar-refractivity contribution < 1.29 is 14.7 Å². The van der Waals surface area contributed by atoms with Gasteiger partial charge in [-0.15, -0.1) is 11.3 Å². The van der Waals surface area contributed by atoms with E-state index in [0.29, 0.717) is 19.3 Å². The number of hydrogen-bond acceptors (Lipinski definition) is 4. The Hall–Kier alpha value is -2.21. The number of nitrogens with one attached hydrogen (secondary N) is 1. The van der Waals surface area contributed by atoms with Gasteiger partial charge >= 0.3 is 5.97 Å². The lowest BCUT2D eigenvalue weighted by Crippen LogP contribution is -2.49. The van der Waals surface area contributed by atoms with Crippen LogP contribution in [0.2, 0.25) is 0 Å². The molecule has 1 saturated carbocycles. The number of benzene rings is 1. The molecule has 2 aliphatic rings. The van der Waals surface area contributed by atoms with Gasteiger partial charge in [0.2, 0.25) is 5.91 Å². The number of carbonyl (C=O) groups is 2. The minimum absolute atomic E-state index is 0.00415. The highest BCUT2D eigenvalue weighted by Gasteiger charge is 2.38. The SMILES string of the molecule is O=C(O)C1CC(NC(=O)C2CC=CCC2c2nc3ccccc3s2)C1. The van der Waals surface area contributed by atoms with Crippen molar-refractivity contribution in [2.24, 2.45) is 11.8 Å². The number of amides is 1. The van der Waals surface area contributed by atoms with Gasteiger partial charge in [0.25, 0.3) is 0 Å². The summed E-state index contributed by atoms with van der Waals surface area (Å²) in [5.41, 5.74) is 0.986. The normalized spacial score (nSPS) is 28.5. The molecule has 2 atom stereocenters. The van der Waals surface area contributed by atoms with Gasteiger partial charge in [-0.1, -0.05) is 24.3 Å². The van der Waals surface area contributed by atoms with Crippen molar-refractivity contribution in [3.63, 3.8) is 0 Å². The summed E-state index contributed by atoms with van der Waals surface area (Å²) in [7, 11) is 0. The summed E-state index contributed by atoms with van der Waals surface area (Å²) >= 11 is 1.67.